The maximum Gasteiger partial charge on any atom is 0.243 e. The zero-order chi connectivity index (χ0) is 11.5. The van der Waals surface area contributed by atoms with Gasteiger partial charge < -0.3 is 21.1 Å². The predicted octanol–water partition coefficient (Wildman–Crippen LogP) is -0.235. The Hall–Kier alpha value is -1.59. The lowest BCUT2D eigenvalue weighted by Gasteiger charge is -2.32. The van der Waals surface area contributed by atoms with Gasteiger partial charge in [-0.15, -0.1) is 0 Å². The van der Waals surface area contributed by atoms with Crippen LogP contribution in [0, 0.1) is 0 Å². The number of nitrogens with one attached hydrogen (secondary N) is 1. The van der Waals surface area contributed by atoms with E-state index in [1.165, 1.54) is 0 Å². The number of fused-ring (bicyclic) bond motifs is 1. The van der Waals surface area contributed by atoms with Crippen LogP contribution in [-0.4, -0.2) is 36.8 Å². The SMILES string of the molecule is NCC(O)CN1CC(=O)Nc2ccccc21. The second-order valence-corrected chi connectivity index (χ2v) is 3.84. The molecule has 16 heavy (non-hydrogen) atoms. The van der Waals surface area contributed by atoms with Crippen LogP contribution in [0.15, 0.2) is 24.3 Å². The van der Waals surface area contributed by atoms with E-state index in [0.29, 0.717) is 6.54 Å². The number of amides is 1. The molecule has 1 atom stereocenters. The number of carbonyl (C=O) groups excluding carboxylic acids is 1. The fourth-order valence-electron chi connectivity index (χ4n) is 1.80. The van der Waals surface area contributed by atoms with Crippen molar-refractivity contribution in [3.8, 4) is 0 Å². The van der Waals surface area contributed by atoms with Crippen molar-refractivity contribution in [3.05, 3.63) is 24.3 Å². The van der Waals surface area contributed by atoms with Gasteiger partial charge >= 0.3 is 0 Å². The van der Waals surface area contributed by atoms with E-state index in [1.807, 2.05) is 29.2 Å². The normalized spacial score (nSPS) is 16.6. The molecular formula is C11H15N3O2. The number of hydrogen-bond donors (Lipinski definition) is 3. The fourth-order valence-corrected chi connectivity index (χ4v) is 1.80. The van der Waals surface area contributed by atoms with Gasteiger partial charge in [0.2, 0.25) is 5.91 Å². The molecule has 4 N–H and O–H groups in total. The van der Waals surface area contributed by atoms with Gasteiger partial charge in [-0.2, -0.15) is 0 Å². The van der Waals surface area contributed by atoms with Crippen molar-refractivity contribution in [3.63, 3.8) is 0 Å². The van der Waals surface area contributed by atoms with Crippen LogP contribution < -0.4 is 16.0 Å². The first-order valence-corrected chi connectivity index (χ1v) is 5.22. The van der Waals surface area contributed by atoms with Crippen LogP contribution in [0.5, 0.6) is 0 Å². The fraction of sp³-hybridized carbons (Fsp3) is 0.364. The zero-order valence-electron chi connectivity index (χ0n) is 8.89. The summed E-state index contributed by atoms with van der Waals surface area (Å²) in [5, 5.41) is 12.3. The van der Waals surface area contributed by atoms with E-state index < -0.39 is 6.10 Å². The van der Waals surface area contributed by atoms with Crippen LogP contribution in [-0.2, 0) is 4.79 Å². The third-order valence-corrected chi connectivity index (χ3v) is 2.56. The first-order chi connectivity index (χ1) is 7.70. The molecule has 1 aromatic rings. The van der Waals surface area contributed by atoms with E-state index >= 15 is 0 Å². The number of hydrogen-bond acceptors (Lipinski definition) is 4. The highest BCUT2D eigenvalue weighted by atomic mass is 16.3. The lowest BCUT2D eigenvalue weighted by molar-refractivity contribution is -0.115. The number of anilines is 2. The van der Waals surface area contributed by atoms with Crippen molar-refractivity contribution in [2.45, 2.75) is 6.10 Å². The Labute approximate surface area is 93.9 Å². The van der Waals surface area contributed by atoms with Gasteiger partial charge in [0.1, 0.15) is 0 Å². The monoisotopic (exact) mass is 221 g/mol. The molecular weight excluding hydrogens is 206 g/mol. The molecule has 1 unspecified atom stereocenters. The van der Waals surface area contributed by atoms with Gasteiger partial charge in [-0.05, 0) is 12.1 Å². The van der Waals surface area contributed by atoms with Crippen molar-refractivity contribution in [2.24, 2.45) is 5.73 Å². The molecule has 1 amide bonds. The molecule has 5 heteroatoms. The summed E-state index contributed by atoms with van der Waals surface area (Å²) in [5.74, 6) is -0.0667. The number of carbonyl (C=O) groups is 1. The average molecular weight is 221 g/mol. The van der Waals surface area contributed by atoms with Gasteiger partial charge in [-0.25, -0.2) is 0 Å². The van der Waals surface area contributed by atoms with Crippen LogP contribution in [0.25, 0.3) is 0 Å². The van der Waals surface area contributed by atoms with E-state index in [9.17, 15) is 9.90 Å². The van der Waals surface area contributed by atoms with E-state index in [0.717, 1.165) is 11.4 Å². The number of rotatable bonds is 3. The standard InChI is InChI=1S/C11H15N3O2/c12-5-8(15)6-14-7-11(16)13-9-3-1-2-4-10(9)14/h1-4,8,15H,5-7,12H2,(H,13,16). The van der Waals surface area contributed by atoms with Gasteiger partial charge in [0, 0.05) is 13.1 Å². The minimum absolute atomic E-state index is 0.0667. The number of nitrogens with zero attached hydrogens (tertiary/aromatic N) is 1. The highest BCUT2D eigenvalue weighted by Crippen LogP contribution is 2.28. The Morgan fingerprint density at radius 1 is 1.50 bits per heavy atom. The van der Waals surface area contributed by atoms with Crippen molar-refractivity contribution in [2.75, 3.05) is 29.9 Å². The number of nitrogens with two attached hydrogens (primary N) is 1. The van der Waals surface area contributed by atoms with Gasteiger partial charge in [-0.1, -0.05) is 12.1 Å². The third-order valence-electron chi connectivity index (χ3n) is 2.56. The molecule has 0 aliphatic carbocycles. The lowest BCUT2D eigenvalue weighted by Crippen LogP contribution is -2.43. The summed E-state index contributed by atoms with van der Waals surface area (Å²) < 4.78 is 0. The quantitative estimate of drug-likeness (QED) is 0.658. The number of para-hydroxylation sites is 2. The van der Waals surface area contributed by atoms with E-state index in [-0.39, 0.29) is 19.0 Å². The van der Waals surface area contributed by atoms with Crippen molar-refractivity contribution in [1.29, 1.82) is 0 Å². The minimum atomic E-state index is -0.612. The topological polar surface area (TPSA) is 78.6 Å². The van der Waals surface area contributed by atoms with E-state index in [2.05, 4.69) is 5.32 Å². The van der Waals surface area contributed by atoms with Gasteiger partial charge in [0.05, 0.1) is 24.0 Å². The molecule has 5 nitrogen and oxygen atoms in total. The van der Waals surface area contributed by atoms with Crippen LogP contribution in [0.1, 0.15) is 0 Å². The summed E-state index contributed by atoms with van der Waals surface area (Å²) in [6.07, 6.45) is -0.612. The molecule has 0 bridgehead atoms. The smallest absolute Gasteiger partial charge is 0.243 e. The highest BCUT2D eigenvalue weighted by molar-refractivity contribution is 6.01. The van der Waals surface area contributed by atoms with Crippen LogP contribution >= 0.6 is 0 Å². The summed E-state index contributed by atoms with van der Waals surface area (Å²) in [6.45, 7) is 0.829. The molecule has 1 aromatic carbocycles. The minimum Gasteiger partial charge on any atom is -0.390 e. The first kappa shape index (κ1) is 10.9. The Kier molecular flexibility index (Phi) is 3.07. The lowest BCUT2D eigenvalue weighted by atomic mass is 10.1. The Morgan fingerprint density at radius 2 is 2.25 bits per heavy atom. The van der Waals surface area contributed by atoms with Crippen molar-refractivity contribution in [1.82, 2.24) is 0 Å². The molecule has 1 aliphatic heterocycles. The molecule has 86 valence electrons. The van der Waals surface area contributed by atoms with Crippen LogP contribution in [0.2, 0.25) is 0 Å². The van der Waals surface area contributed by atoms with Crippen molar-refractivity contribution >= 4 is 17.3 Å². The summed E-state index contributed by atoms with van der Waals surface area (Å²) in [7, 11) is 0. The molecule has 0 radical (unpaired) electrons. The van der Waals surface area contributed by atoms with Crippen molar-refractivity contribution < 1.29 is 9.90 Å². The number of benzene rings is 1. The Morgan fingerprint density at radius 3 is 3.00 bits per heavy atom. The summed E-state index contributed by atoms with van der Waals surface area (Å²) in [5.41, 5.74) is 7.07. The molecule has 1 aliphatic rings. The molecule has 0 saturated heterocycles. The van der Waals surface area contributed by atoms with Gasteiger partial charge in [0.25, 0.3) is 0 Å². The molecule has 2 rings (SSSR count). The summed E-state index contributed by atoms with van der Waals surface area (Å²) in [6, 6.07) is 7.52. The number of aliphatic hydroxyl groups excluding tert-OH is 1. The molecule has 0 aromatic heterocycles. The second kappa shape index (κ2) is 4.51. The molecule has 0 saturated carbocycles. The predicted molar refractivity (Wildman–Crippen MR) is 62.3 cm³/mol. The molecule has 0 spiro atoms. The first-order valence-electron chi connectivity index (χ1n) is 5.22. The summed E-state index contributed by atoms with van der Waals surface area (Å²) in [4.78, 5) is 13.3. The van der Waals surface area contributed by atoms with Crippen LogP contribution in [0.3, 0.4) is 0 Å². The molecule has 1 heterocycles. The maximum atomic E-state index is 11.4. The Bertz CT molecular complexity index is 395. The van der Waals surface area contributed by atoms with Gasteiger partial charge in [0.15, 0.2) is 0 Å². The number of aliphatic hydroxyl groups is 1. The van der Waals surface area contributed by atoms with Gasteiger partial charge in [-0.3, -0.25) is 4.79 Å². The summed E-state index contributed by atoms with van der Waals surface area (Å²) >= 11 is 0. The number of β-amino-alcohol motifs (C(OH)–C–C–N with tert-alkyl or cyclic N) is 1. The maximum absolute atomic E-state index is 11.4. The average Bonchev–Trinajstić information content (AvgIpc) is 2.28. The van der Waals surface area contributed by atoms with Crippen LogP contribution in [0.4, 0.5) is 11.4 Å². The third kappa shape index (κ3) is 2.15. The second-order valence-electron chi connectivity index (χ2n) is 3.84. The largest absolute Gasteiger partial charge is 0.390 e. The zero-order valence-corrected chi connectivity index (χ0v) is 8.89. The van der Waals surface area contributed by atoms with E-state index in [4.69, 9.17) is 5.73 Å². The molecule has 0 fully saturated rings. The van der Waals surface area contributed by atoms with E-state index in [1.54, 1.807) is 0 Å². The Balaban J connectivity index is 2.23. The highest BCUT2D eigenvalue weighted by Gasteiger charge is 2.22.